The maximum Gasteiger partial charge on any atom is 0.355 e. The lowest BCUT2D eigenvalue weighted by molar-refractivity contribution is -0.139. The number of carbonyl (C=O) groups is 3. The lowest BCUT2D eigenvalue weighted by Gasteiger charge is -2.23. The molecule has 4 rings (SSSR count). The number of anilines is 1. The van der Waals surface area contributed by atoms with Crippen LogP contribution in [0.2, 0.25) is 0 Å². The molecule has 0 saturated heterocycles. The van der Waals surface area contributed by atoms with E-state index in [1.54, 1.807) is 54.8 Å². The first kappa shape index (κ1) is 23.4. The van der Waals surface area contributed by atoms with Gasteiger partial charge in [0.25, 0.3) is 0 Å². The molecular weight excluding hydrogens is 448 g/mol. The van der Waals surface area contributed by atoms with E-state index in [-0.39, 0.29) is 16.8 Å². The van der Waals surface area contributed by atoms with E-state index in [1.165, 1.54) is 31.3 Å². The molecule has 1 N–H and O–H groups in total. The van der Waals surface area contributed by atoms with Crippen molar-refractivity contribution in [3.8, 4) is 11.3 Å². The van der Waals surface area contributed by atoms with Gasteiger partial charge in [0.2, 0.25) is 0 Å². The molecule has 0 radical (unpaired) electrons. The Morgan fingerprint density at radius 3 is 2.43 bits per heavy atom. The molecule has 0 amide bonds. The minimum Gasteiger partial charge on any atom is -0.478 e. The average molecular weight is 470 g/mol. The highest BCUT2D eigenvalue weighted by atomic mass is 16.5. The van der Waals surface area contributed by atoms with Crippen LogP contribution in [0.15, 0.2) is 84.2 Å². The van der Waals surface area contributed by atoms with Crippen molar-refractivity contribution in [1.29, 1.82) is 0 Å². The molecule has 1 aromatic heterocycles. The summed E-state index contributed by atoms with van der Waals surface area (Å²) in [4.78, 5) is 43.3. The zero-order chi connectivity index (χ0) is 25.1. The standard InChI is InChI=1S/C27H22N2O6/c1-16-10-11-22-20(13-16)21(25(30)31)15-23(28-22)17-7-6-8-18(14-17)29-12-5-4-9-19(26(32)34-2)24(29)27(33)35-3/h4-15H,1-3H3,(H,30,31). The molecule has 35 heavy (non-hydrogen) atoms. The third kappa shape index (κ3) is 4.54. The Morgan fingerprint density at radius 2 is 1.71 bits per heavy atom. The SMILES string of the molecule is COC(=O)C1=C(C(=O)OC)N(c2cccc(-c3cc(C(=O)O)c4cc(C)ccc4n3)c2)C=CC=C1. The summed E-state index contributed by atoms with van der Waals surface area (Å²) in [6.45, 7) is 1.89. The van der Waals surface area contributed by atoms with Crippen molar-refractivity contribution in [2.75, 3.05) is 19.1 Å². The first-order chi connectivity index (χ1) is 16.8. The lowest BCUT2D eigenvalue weighted by atomic mass is 10.0. The van der Waals surface area contributed by atoms with Crippen molar-refractivity contribution in [1.82, 2.24) is 4.98 Å². The molecular formula is C27H22N2O6. The number of carboxylic acids is 1. The monoisotopic (exact) mass is 470 g/mol. The quantitative estimate of drug-likeness (QED) is 0.547. The average Bonchev–Trinajstić information content (AvgIpc) is 3.10. The number of fused-ring (bicyclic) bond motifs is 1. The van der Waals surface area contributed by atoms with Gasteiger partial charge in [-0.2, -0.15) is 0 Å². The molecule has 3 aromatic rings. The maximum absolute atomic E-state index is 12.7. The Bertz CT molecular complexity index is 1450. The molecule has 0 atom stereocenters. The van der Waals surface area contributed by atoms with Crippen LogP contribution in [0.25, 0.3) is 22.2 Å². The van der Waals surface area contributed by atoms with Gasteiger partial charge in [-0.25, -0.2) is 19.4 Å². The minimum atomic E-state index is -1.06. The van der Waals surface area contributed by atoms with Crippen molar-refractivity contribution in [2.24, 2.45) is 0 Å². The molecule has 8 nitrogen and oxygen atoms in total. The maximum atomic E-state index is 12.7. The highest BCUT2D eigenvalue weighted by Gasteiger charge is 2.27. The van der Waals surface area contributed by atoms with E-state index in [2.05, 4.69) is 4.98 Å². The molecule has 2 heterocycles. The van der Waals surface area contributed by atoms with Gasteiger partial charge in [-0.15, -0.1) is 0 Å². The van der Waals surface area contributed by atoms with Crippen LogP contribution in [0.4, 0.5) is 5.69 Å². The van der Waals surface area contributed by atoms with Crippen LogP contribution in [0.5, 0.6) is 0 Å². The molecule has 0 fully saturated rings. The molecule has 0 saturated carbocycles. The van der Waals surface area contributed by atoms with Gasteiger partial charge < -0.3 is 19.5 Å². The Labute approximate surface area is 201 Å². The summed E-state index contributed by atoms with van der Waals surface area (Å²) in [6, 6.07) is 14.0. The van der Waals surface area contributed by atoms with Gasteiger partial charge in [-0.1, -0.05) is 29.8 Å². The Balaban J connectivity index is 1.88. The second-order valence-corrected chi connectivity index (χ2v) is 7.75. The number of esters is 2. The summed E-state index contributed by atoms with van der Waals surface area (Å²) in [6.07, 6.45) is 6.39. The number of hydrogen-bond donors (Lipinski definition) is 1. The van der Waals surface area contributed by atoms with E-state index < -0.39 is 17.9 Å². The third-order valence-corrected chi connectivity index (χ3v) is 5.50. The van der Waals surface area contributed by atoms with Crippen LogP contribution in [0, 0.1) is 6.92 Å². The summed E-state index contributed by atoms with van der Waals surface area (Å²) in [5.74, 6) is -2.47. The van der Waals surface area contributed by atoms with Crippen molar-refractivity contribution in [3.05, 3.63) is 95.4 Å². The van der Waals surface area contributed by atoms with Gasteiger partial charge >= 0.3 is 17.9 Å². The van der Waals surface area contributed by atoms with Crippen molar-refractivity contribution in [3.63, 3.8) is 0 Å². The molecule has 0 spiro atoms. The number of carbonyl (C=O) groups excluding carboxylic acids is 2. The van der Waals surface area contributed by atoms with Gasteiger partial charge in [-0.3, -0.25) is 0 Å². The fourth-order valence-corrected chi connectivity index (χ4v) is 3.85. The molecule has 176 valence electrons. The summed E-state index contributed by atoms with van der Waals surface area (Å²) in [5, 5.41) is 10.4. The number of ether oxygens (including phenoxy) is 2. The number of allylic oxidation sites excluding steroid dienone is 2. The van der Waals surface area contributed by atoms with Crippen molar-refractivity contribution < 1.29 is 29.0 Å². The number of carboxylic acid groups (broad SMARTS) is 1. The van der Waals surface area contributed by atoms with Gasteiger partial charge in [0.15, 0.2) is 0 Å². The predicted molar refractivity (Wildman–Crippen MR) is 131 cm³/mol. The van der Waals surface area contributed by atoms with Crippen LogP contribution < -0.4 is 4.90 Å². The summed E-state index contributed by atoms with van der Waals surface area (Å²) < 4.78 is 9.80. The van der Waals surface area contributed by atoms with Gasteiger partial charge in [-0.05, 0) is 49.4 Å². The van der Waals surface area contributed by atoms with E-state index in [0.29, 0.717) is 27.8 Å². The molecule has 1 aliphatic rings. The van der Waals surface area contributed by atoms with E-state index in [4.69, 9.17) is 9.47 Å². The second-order valence-electron chi connectivity index (χ2n) is 7.75. The first-order valence-corrected chi connectivity index (χ1v) is 10.6. The number of pyridine rings is 1. The zero-order valence-electron chi connectivity index (χ0n) is 19.3. The van der Waals surface area contributed by atoms with E-state index in [0.717, 1.165) is 5.56 Å². The van der Waals surface area contributed by atoms with Gasteiger partial charge in [0, 0.05) is 22.8 Å². The zero-order valence-corrected chi connectivity index (χ0v) is 19.3. The number of aryl methyl sites for hydroxylation is 1. The van der Waals surface area contributed by atoms with Crippen LogP contribution in [-0.2, 0) is 19.1 Å². The summed E-state index contributed by atoms with van der Waals surface area (Å²) >= 11 is 0. The number of aromatic nitrogens is 1. The molecule has 0 aliphatic carbocycles. The Morgan fingerprint density at radius 1 is 0.943 bits per heavy atom. The van der Waals surface area contributed by atoms with Crippen LogP contribution in [-0.4, -0.2) is 42.2 Å². The number of rotatable bonds is 5. The Kier molecular flexibility index (Phi) is 6.46. The largest absolute Gasteiger partial charge is 0.478 e. The Hall–Kier alpha value is -4.72. The van der Waals surface area contributed by atoms with Crippen LogP contribution in [0.3, 0.4) is 0 Å². The number of aromatic carboxylic acids is 1. The molecule has 1 aliphatic heterocycles. The van der Waals surface area contributed by atoms with Gasteiger partial charge in [0.1, 0.15) is 5.70 Å². The number of methoxy groups -OCH3 is 2. The first-order valence-electron chi connectivity index (χ1n) is 10.6. The topological polar surface area (TPSA) is 106 Å². The third-order valence-electron chi connectivity index (χ3n) is 5.50. The van der Waals surface area contributed by atoms with Crippen molar-refractivity contribution >= 4 is 34.5 Å². The molecule has 0 unspecified atom stereocenters. The molecule has 0 bridgehead atoms. The fourth-order valence-electron chi connectivity index (χ4n) is 3.85. The second kappa shape index (κ2) is 9.64. The lowest BCUT2D eigenvalue weighted by Crippen LogP contribution is -2.26. The van der Waals surface area contributed by atoms with Crippen LogP contribution >= 0.6 is 0 Å². The highest BCUT2D eigenvalue weighted by molar-refractivity contribution is 6.06. The predicted octanol–water partition coefficient (Wildman–Crippen LogP) is 4.40. The van der Waals surface area contributed by atoms with E-state index in [1.807, 2.05) is 13.0 Å². The van der Waals surface area contributed by atoms with Crippen molar-refractivity contribution in [2.45, 2.75) is 6.92 Å². The molecule has 8 heteroatoms. The molecule has 2 aromatic carbocycles. The number of hydrogen-bond acceptors (Lipinski definition) is 7. The van der Waals surface area contributed by atoms with E-state index >= 15 is 0 Å². The smallest absolute Gasteiger partial charge is 0.355 e. The fraction of sp³-hybridized carbons (Fsp3) is 0.111. The normalized spacial score (nSPS) is 13.1. The summed E-state index contributed by atoms with van der Waals surface area (Å²) in [7, 11) is 2.46. The van der Waals surface area contributed by atoms with Crippen LogP contribution in [0.1, 0.15) is 15.9 Å². The minimum absolute atomic E-state index is 0.0188. The number of benzene rings is 2. The number of nitrogens with zero attached hydrogens (tertiary/aromatic N) is 2. The van der Waals surface area contributed by atoms with E-state index in [9.17, 15) is 19.5 Å². The van der Waals surface area contributed by atoms with Gasteiger partial charge in [0.05, 0.1) is 36.6 Å². The summed E-state index contributed by atoms with van der Waals surface area (Å²) in [5.41, 5.74) is 3.25. The highest BCUT2D eigenvalue weighted by Crippen LogP contribution is 2.31.